The van der Waals surface area contributed by atoms with Crippen LogP contribution < -0.4 is 16.8 Å². The van der Waals surface area contributed by atoms with Gasteiger partial charge in [-0.2, -0.15) is 13.2 Å². The van der Waals surface area contributed by atoms with E-state index in [2.05, 4.69) is 9.97 Å². The number of carbonyl (C=O) groups is 1. The summed E-state index contributed by atoms with van der Waals surface area (Å²) in [5.41, 5.74) is 13.9. The first kappa shape index (κ1) is 24.9. The van der Waals surface area contributed by atoms with Gasteiger partial charge in [-0.25, -0.2) is 9.97 Å². The highest BCUT2D eigenvalue weighted by Crippen LogP contribution is 2.43. The topological polar surface area (TPSA) is 99.8 Å². The Labute approximate surface area is 215 Å². The smallest absolute Gasteiger partial charge is 0.384 e. The molecule has 0 saturated heterocycles. The summed E-state index contributed by atoms with van der Waals surface area (Å²) in [7, 11) is -0.0891. The maximum Gasteiger partial charge on any atom is 0.416 e. The Kier molecular flexibility index (Phi) is 6.47. The van der Waals surface area contributed by atoms with E-state index in [1.165, 1.54) is 23.5 Å². The number of fused-ring (bicyclic) bond motifs is 1. The number of imidazole rings is 1. The molecular formula is C26H21F3N5OPS. The van der Waals surface area contributed by atoms with Crippen LogP contribution >= 0.6 is 19.9 Å². The fourth-order valence-corrected chi connectivity index (χ4v) is 6.91. The lowest BCUT2D eigenvalue weighted by atomic mass is 10.0. The number of halogens is 3. The molecule has 5 aromatic rings. The zero-order chi connectivity index (χ0) is 26.3. The van der Waals surface area contributed by atoms with Gasteiger partial charge in [-0.1, -0.05) is 39.8 Å². The fraction of sp³-hybridized carbons (Fsp3) is 0.115. The SMILES string of the molecule is CC(Pc1cc(-n2cnc3cc(-c4ccnc(N)c4)ccc32)sc1C(N)=O)c1ccccc1C(F)(F)F. The van der Waals surface area contributed by atoms with Gasteiger partial charge in [0.1, 0.15) is 22.0 Å². The van der Waals surface area contributed by atoms with Crippen LogP contribution in [0.2, 0.25) is 0 Å². The van der Waals surface area contributed by atoms with Gasteiger partial charge in [-0.05, 0) is 58.4 Å². The van der Waals surface area contributed by atoms with Gasteiger partial charge >= 0.3 is 6.18 Å². The highest BCUT2D eigenvalue weighted by molar-refractivity contribution is 7.49. The number of amides is 1. The molecule has 6 nitrogen and oxygen atoms in total. The molecule has 37 heavy (non-hydrogen) atoms. The Morgan fingerprint density at radius 3 is 2.54 bits per heavy atom. The number of carbonyl (C=O) groups excluding carboxylic acids is 1. The van der Waals surface area contributed by atoms with Gasteiger partial charge in [0.05, 0.1) is 16.6 Å². The van der Waals surface area contributed by atoms with Crippen LogP contribution in [0.4, 0.5) is 19.0 Å². The zero-order valence-corrected chi connectivity index (χ0v) is 21.3. The molecule has 11 heteroatoms. The second kappa shape index (κ2) is 9.61. The van der Waals surface area contributed by atoms with Crippen LogP contribution in [-0.4, -0.2) is 20.4 Å². The molecule has 0 bridgehead atoms. The Hall–Kier alpha value is -3.75. The molecule has 3 aromatic heterocycles. The van der Waals surface area contributed by atoms with E-state index in [0.29, 0.717) is 21.0 Å². The first-order valence-corrected chi connectivity index (χ1v) is 13.1. The largest absolute Gasteiger partial charge is 0.416 e. The van der Waals surface area contributed by atoms with Gasteiger partial charge < -0.3 is 11.5 Å². The summed E-state index contributed by atoms with van der Waals surface area (Å²) in [6.45, 7) is 1.73. The third-order valence-corrected chi connectivity index (χ3v) is 8.73. The predicted octanol–water partition coefficient (Wildman–Crippen LogP) is 5.91. The maximum atomic E-state index is 13.6. The zero-order valence-electron chi connectivity index (χ0n) is 19.5. The van der Waals surface area contributed by atoms with Gasteiger partial charge in [0, 0.05) is 11.9 Å². The number of aromatic nitrogens is 3. The molecule has 3 heterocycles. The van der Waals surface area contributed by atoms with Crippen LogP contribution in [0.5, 0.6) is 0 Å². The van der Waals surface area contributed by atoms with Crippen LogP contribution in [0.15, 0.2) is 73.2 Å². The summed E-state index contributed by atoms with van der Waals surface area (Å²) in [6.07, 6.45) is -1.17. The summed E-state index contributed by atoms with van der Waals surface area (Å²) < 4.78 is 42.5. The summed E-state index contributed by atoms with van der Waals surface area (Å²) in [5, 5.41) is 1.33. The quantitative estimate of drug-likeness (QED) is 0.262. The monoisotopic (exact) mass is 539 g/mol. The van der Waals surface area contributed by atoms with E-state index in [-0.39, 0.29) is 14.1 Å². The van der Waals surface area contributed by atoms with E-state index in [4.69, 9.17) is 11.5 Å². The lowest BCUT2D eigenvalue weighted by molar-refractivity contribution is -0.138. The van der Waals surface area contributed by atoms with Crippen molar-refractivity contribution < 1.29 is 18.0 Å². The van der Waals surface area contributed by atoms with E-state index in [1.807, 2.05) is 34.9 Å². The average molecular weight is 540 g/mol. The van der Waals surface area contributed by atoms with E-state index in [9.17, 15) is 18.0 Å². The molecule has 0 aliphatic heterocycles. The number of rotatable bonds is 6. The van der Waals surface area contributed by atoms with Crippen molar-refractivity contribution in [1.82, 2.24) is 14.5 Å². The van der Waals surface area contributed by atoms with Crippen molar-refractivity contribution in [1.29, 1.82) is 0 Å². The summed E-state index contributed by atoms with van der Waals surface area (Å²) >= 11 is 1.20. The second-order valence-corrected chi connectivity index (χ2v) is 11.2. The van der Waals surface area contributed by atoms with Crippen molar-refractivity contribution >= 4 is 48.0 Å². The average Bonchev–Trinajstić information content (AvgIpc) is 3.47. The Morgan fingerprint density at radius 2 is 1.81 bits per heavy atom. The molecule has 5 rings (SSSR count). The van der Waals surface area contributed by atoms with E-state index >= 15 is 0 Å². The Bertz CT molecular complexity index is 1630. The normalized spacial score (nSPS) is 13.0. The number of primary amides is 1. The highest BCUT2D eigenvalue weighted by atomic mass is 32.1. The van der Waals surface area contributed by atoms with Crippen molar-refractivity contribution in [3.8, 4) is 16.1 Å². The molecule has 4 N–H and O–H groups in total. The minimum atomic E-state index is -4.46. The lowest BCUT2D eigenvalue weighted by Gasteiger charge is -2.18. The van der Waals surface area contributed by atoms with Crippen molar-refractivity contribution in [2.24, 2.45) is 5.73 Å². The van der Waals surface area contributed by atoms with E-state index < -0.39 is 23.3 Å². The minimum Gasteiger partial charge on any atom is -0.384 e. The number of benzene rings is 2. The fourth-order valence-electron chi connectivity index (χ4n) is 4.23. The molecule has 0 aliphatic rings. The molecule has 0 fully saturated rings. The van der Waals surface area contributed by atoms with E-state index in [1.54, 1.807) is 31.6 Å². The molecule has 0 saturated carbocycles. The van der Waals surface area contributed by atoms with Crippen LogP contribution in [0.3, 0.4) is 0 Å². The first-order chi connectivity index (χ1) is 17.6. The number of nitrogens with two attached hydrogens (primary N) is 2. The standard InChI is InChI=1S/C26H21F3N5OPS/c1-14(17-4-2-3-5-18(17)26(27,28)29)36-21-12-23(37-24(21)25(31)35)34-13-33-19-10-15(6-7-20(19)34)16-8-9-32-22(30)11-16/h2-14,36H,1H3,(H2,30,32)(H2,31,35). The van der Waals surface area contributed by atoms with Crippen LogP contribution in [0.1, 0.15) is 33.4 Å². The van der Waals surface area contributed by atoms with Gasteiger partial charge in [0.25, 0.3) is 5.91 Å². The number of nitrogens with zero attached hydrogens (tertiary/aromatic N) is 3. The molecule has 2 atom stereocenters. The van der Waals surface area contributed by atoms with Crippen LogP contribution in [-0.2, 0) is 6.18 Å². The lowest BCUT2D eigenvalue weighted by Crippen LogP contribution is -2.16. The summed E-state index contributed by atoms with van der Waals surface area (Å²) in [6, 6.07) is 16.8. The number of nitrogen functional groups attached to an aromatic ring is 1. The number of anilines is 1. The predicted molar refractivity (Wildman–Crippen MR) is 143 cm³/mol. The highest BCUT2D eigenvalue weighted by Gasteiger charge is 2.34. The molecule has 0 aliphatic carbocycles. The van der Waals surface area contributed by atoms with Crippen molar-refractivity contribution in [3.63, 3.8) is 0 Å². The Morgan fingerprint density at radius 1 is 1.05 bits per heavy atom. The number of pyridine rings is 1. The number of hydrogen-bond acceptors (Lipinski definition) is 5. The van der Waals surface area contributed by atoms with Crippen LogP contribution in [0, 0.1) is 0 Å². The molecule has 2 aromatic carbocycles. The summed E-state index contributed by atoms with van der Waals surface area (Å²) in [4.78, 5) is 21.1. The third kappa shape index (κ3) is 4.95. The molecule has 0 spiro atoms. The van der Waals surface area contributed by atoms with Crippen molar-refractivity contribution in [2.75, 3.05) is 5.73 Å². The summed E-state index contributed by atoms with van der Waals surface area (Å²) in [5.74, 6) is -0.196. The molecular weight excluding hydrogens is 518 g/mol. The third-order valence-electron chi connectivity index (χ3n) is 5.95. The van der Waals surface area contributed by atoms with Gasteiger partial charge in [-0.15, -0.1) is 11.3 Å². The number of thiophene rings is 1. The van der Waals surface area contributed by atoms with Crippen LogP contribution in [0.25, 0.3) is 27.2 Å². The Balaban J connectivity index is 1.50. The van der Waals surface area contributed by atoms with Crippen molar-refractivity contribution in [3.05, 3.63) is 89.2 Å². The molecule has 1 amide bonds. The number of hydrogen-bond donors (Lipinski definition) is 2. The maximum absolute atomic E-state index is 13.6. The minimum absolute atomic E-state index is 0.0891. The molecule has 188 valence electrons. The molecule has 0 radical (unpaired) electrons. The second-order valence-electron chi connectivity index (χ2n) is 8.43. The molecule has 2 unspecified atom stereocenters. The van der Waals surface area contributed by atoms with Crippen molar-refractivity contribution in [2.45, 2.75) is 18.8 Å². The first-order valence-electron chi connectivity index (χ1n) is 11.2. The van der Waals surface area contributed by atoms with Gasteiger partial charge in [0.2, 0.25) is 0 Å². The number of alkyl halides is 3. The van der Waals surface area contributed by atoms with Gasteiger partial charge in [0.15, 0.2) is 0 Å². The van der Waals surface area contributed by atoms with E-state index in [0.717, 1.165) is 28.2 Å². The van der Waals surface area contributed by atoms with Gasteiger partial charge in [-0.3, -0.25) is 9.36 Å².